The molecule has 1 aliphatic rings. The first-order chi connectivity index (χ1) is 12.9. The highest BCUT2D eigenvalue weighted by Crippen LogP contribution is 2.39. The second-order valence-electron chi connectivity index (χ2n) is 7.57. The largest absolute Gasteiger partial charge is 0.347 e. The van der Waals surface area contributed by atoms with Gasteiger partial charge in [-0.2, -0.15) is 10.4 Å². The number of carbonyl (C=O) groups is 1. The number of carbonyl (C=O) groups excluding carboxylic acids is 1. The minimum absolute atomic E-state index is 0.163. The minimum atomic E-state index is -0.241. The van der Waals surface area contributed by atoms with Gasteiger partial charge in [-0.05, 0) is 57.7 Å². The first-order valence-corrected chi connectivity index (χ1v) is 8.93. The van der Waals surface area contributed by atoms with E-state index in [0.717, 1.165) is 24.1 Å². The number of rotatable bonds is 4. The molecule has 1 fully saturated rings. The molecule has 3 heterocycles. The van der Waals surface area contributed by atoms with Crippen LogP contribution < -0.4 is 5.32 Å². The molecule has 3 aromatic rings. The molecule has 1 aliphatic carbocycles. The van der Waals surface area contributed by atoms with Crippen molar-refractivity contribution < 1.29 is 4.79 Å². The van der Waals surface area contributed by atoms with Crippen molar-refractivity contribution in [1.29, 1.82) is 5.26 Å². The molecule has 136 valence electrons. The molecule has 0 aliphatic heterocycles. The second-order valence-corrected chi connectivity index (χ2v) is 7.57. The zero-order valence-corrected chi connectivity index (χ0v) is 15.5. The highest BCUT2D eigenvalue weighted by atomic mass is 16.1. The molecule has 7 heteroatoms. The van der Waals surface area contributed by atoms with Crippen LogP contribution in [0.4, 0.5) is 0 Å². The highest BCUT2D eigenvalue weighted by Gasteiger charge is 2.39. The molecule has 1 saturated carbocycles. The van der Waals surface area contributed by atoms with Gasteiger partial charge >= 0.3 is 0 Å². The summed E-state index contributed by atoms with van der Waals surface area (Å²) >= 11 is 0. The third-order valence-corrected chi connectivity index (χ3v) is 5.10. The van der Waals surface area contributed by atoms with Gasteiger partial charge in [0.1, 0.15) is 17.3 Å². The molecule has 0 saturated heterocycles. The van der Waals surface area contributed by atoms with E-state index in [1.807, 2.05) is 19.1 Å². The lowest BCUT2D eigenvalue weighted by atomic mass is 9.98. The molecule has 27 heavy (non-hydrogen) atoms. The van der Waals surface area contributed by atoms with Crippen molar-refractivity contribution in [3.8, 4) is 17.3 Å². The van der Waals surface area contributed by atoms with E-state index in [0.29, 0.717) is 28.5 Å². The van der Waals surface area contributed by atoms with Crippen LogP contribution in [-0.4, -0.2) is 31.0 Å². The summed E-state index contributed by atoms with van der Waals surface area (Å²) in [4.78, 5) is 21.6. The van der Waals surface area contributed by atoms with Crippen LogP contribution in [0.15, 0.2) is 30.6 Å². The summed E-state index contributed by atoms with van der Waals surface area (Å²) in [5, 5.41) is 16.4. The third-order valence-electron chi connectivity index (χ3n) is 5.10. The first kappa shape index (κ1) is 17.2. The maximum Gasteiger partial charge on any atom is 0.257 e. The van der Waals surface area contributed by atoms with Crippen LogP contribution in [0.25, 0.3) is 16.9 Å². The molecule has 1 N–H and O–H groups in total. The van der Waals surface area contributed by atoms with E-state index in [2.05, 4.69) is 34.2 Å². The number of hydrogen-bond acceptors (Lipinski definition) is 5. The predicted molar refractivity (Wildman–Crippen MR) is 99.9 cm³/mol. The van der Waals surface area contributed by atoms with Gasteiger partial charge in [-0.3, -0.25) is 4.79 Å². The normalized spacial score (nSPS) is 14.1. The van der Waals surface area contributed by atoms with E-state index in [-0.39, 0.29) is 11.4 Å². The molecule has 0 atom stereocenters. The van der Waals surface area contributed by atoms with Crippen molar-refractivity contribution >= 4 is 11.6 Å². The average Bonchev–Trinajstić information content (AvgIpc) is 3.42. The van der Waals surface area contributed by atoms with Crippen molar-refractivity contribution in [2.75, 3.05) is 0 Å². The van der Waals surface area contributed by atoms with E-state index < -0.39 is 0 Å². The Balaban J connectivity index is 1.73. The lowest BCUT2D eigenvalue weighted by Crippen LogP contribution is -2.45. The van der Waals surface area contributed by atoms with Gasteiger partial charge in [-0.15, -0.1) is 0 Å². The Morgan fingerprint density at radius 2 is 2.11 bits per heavy atom. The summed E-state index contributed by atoms with van der Waals surface area (Å²) < 4.78 is 1.67. The quantitative estimate of drug-likeness (QED) is 0.772. The topological polar surface area (TPSA) is 96.0 Å². The Morgan fingerprint density at radius 1 is 1.33 bits per heavy atom. The summed E-state index contributed by atoms with van der Waals surface area (Å²) in [6.45, 7) is 6.03. The lowest BCUT2D eigenvalue weighted by Gasteiger charge is -2.25. The minimum Gasteiger partial charge on any atom is -0.347 e. The van der Waals surface area contributed by atoms with Crippen molar-refractivity contribution in [3.05, 3.63) is 47.5 Å². The number of fused-ring (bicyclic) bond motifs is 1. The van der Waals surface area contributed by atoms with Crippen molar-refractivity contribution in [2.24, 2.45) is 5.92 Å². The Labute approximate surface area is 157 Å². The van der Waals surface area contributed by atoms with Crippen molar-refractivity contribution in [1.82, 2.24) is 24.9 Å². The molecule has 3 aromatic heterocycles. The van der Waals surface area contributed by atoms with Gasteiger partial charge < -0.3 is 5.32 Å². The van der Waals surface area contributed by atoms with Crippen LogP contribution in [0.2, 0.25) is 0 Å². The van der Waals surface area contributed by atoms with E-state index in [4.69, 9.17) is 5.26 Å². The lowest BCUT2D eigenvalue weighted by molar-refractivity contribution is 0.0905. The standard InChI is InChI=1S/C20H20N6O/c1-12-8-17(13-4-7-15(9-21)22-10-13)24-18-16(11-23-26(12)18)19(27)25-20(2,3)14-5-6-14/h4,7-8,10-11,14H,5-6H2,1-3H3,(H,25,27). The van der Waals surface area contributed by atoms with Gasteiger partial charge in [0.15, 0.2) is 5.65 Å². The molecule has 0 bridgehead atoms. The maximum atomic E-state index is 12.9. The zero-order valence-electron chi connectivity index (χ0n) is 15.5. The number of nitrogens with one attached hydrogen (secondary N) is 1. The van der Waals surface area contributed by atoms with Crippen LogP contribution >= 0.6 is 0 Å². The van der Waals surface area contributed by atoms with Gasteiger partial charge in [0.05, 0.1) is 11.9 Å². The Bertz CT molecular complexity index is 1070. The van der Waals surface area contributed by atoms with Crippen LogP contribution in [0.3, 0.4) is 0 Å². The number of aromatic nitrogens is 4. The fraction of sp³-hybridized carbons (Fsp3) is 0.350. The summed E-state index contributed by atoms with van der Waals surface area (Å²) in [6, 6.07) is 7.34. The van der Waals surface area contributed by atoms with Crippen molar-refractivity contribution in [2.45, 2.75) is 39.2 Å². The average molecular weight is 360 g/mol. The Hall–Kier alpha value is -3.27. The van der Waals surface area contributed by atoms with Gasteiger partial charge in [0, 0.05) is 23.0 Å². The smallest absolute Gasteiger partial charge is 0.257 e. The van der Waals surface area contributed by atoms with E-state index >= 15 is 0 Å². The summed E-state index contributed by atoms with van der Waals surface area (Å²) in [5.74, 6) is 0.363. The Morgan fingerprint density at radius 3 is 2.74 bits per heavy atom. The fourth-order valence-corrected chi connectivity index (χ4v) is 3.30. The summed E-state index contributed by atoms with van der Waals surface area (Å²) in [6.07, 6.45) is 5.47. The molecule has 7 nitrogen and oxygen atoms in total. The second kappa shape index (κ2) is 6.16. The number of hydrogen-bond donors (Lipinski definition) is 1. The number of amides is 1. The number of aryl methyl sites for hydroxylation is 1. The predicted octanol–water partition coefficient (Wildman–Crippen LogP) is 2.89. The summed E-state index contributed by atoms with van der Waals surface area (Å²) in [7, 11) is 0. The molecule has 0 aromatic carbocycles. The number of nitriles is 1. The molecule has 4 rings (SSSR count). The van der Waals surface area contributed by atoms with Crippen LogP contribution in [0.5, 0.6) is 0 Å². The van der Waals surface area contributed by atoms with Gasteiger partial charge in [-0.1, -0.05) is 0 Å². The molecular formula is C20H20N6O. The molecule has 0 radical (unpaired) electrons. The third kappa shape index (κ3) is 3.14. The van der Waals surface area contributed by atoms with Crippen LogP contribution in [0, 0.1) is 24.2 Å². The number of nitrogens with zero attached hydrogens (tertiary/aromatic N) is 5. The van der Waals surface area contributed by atoms with E-state index in [1.54, 1.807) is 29.0 Å². The highest BCUT2D eigenvalue weighted by molar-refractivity contribution is 6.00. The molecule has 0 unspecified atom stereocenters. The fourth-order valence-electron chi connectivity index (χ4n) is 3.30. The zero-order chi connectivity index (χ0) is 19.2. The summed E-state index contributed by atoms with van der Waals surface area (Å²) in [5.41, 5.74) is 3.41. The first-order valence-electron chi connectivity index (χ1n) is 8.93. The van der Waals surface area contributed by atoms with Crippen LogP contribution in [-0.2, 0) is 0 Å². The molecule has 0 spiro atoms. The van der Waals surface area contributed by atoms with Gasteiger partial charge in [-0.25, -0.2) is 14.5 Å². The molecular weight excluding hydrogens is 340 g/mol. The van der Waals surface area contributed by atoms with E-state index in [9.17, 15) is 4.79 Å². The SMILES string of the molecule is Cc1cc(-c2ccc(C#N)nc2)nc2c(C(=O)NC(C)(C)C3CC3)cnn12. The molecule has 1 amide bonds. The van der Waals surface area contributed by atoms with Crippen LogP contribution in [0.1, 0.15) is 48.4 Å². The number of pyridine rings is 1. The van der Waals surface area contributed by atoms with Crippen molar-refractivity contribution in [3.63, 3.8) is 0 Å². The Kier molecular flexibility index (Phi) is 3.92. The maximum absolute atomic E-state index is 12.9. The van der Waals surface area contributed by atoms with Gasteiger partial charge in [0.25, 0.3) is 5.91 Å². The van der Waals surface area contributed by atoms with Gasteiger partial charge in [0.2, 0.25) is 0 Å². The van der Waals surface area contributed by atoms with E-state index in [1.165, 1.54) is 0 Å². The monoisotopic (exact) mass is 360 g/mol.